The molecule has 21 heavy (non-hydrogen) atoms. The predicted molar refractivity (Wildman–Crippen MR) is 88.2 cm³/mol. The van der Waals surface area contributed by atoms with Gasteiger partial charge in [0, 0.05) is 10.6 Å². The fraction of sp³-hybridized carbons (Fsp3) is 0.333. The Balaban J connectivity index is 2.17. The van der Waals surface area contributed by atoms with Crippen LogP contribution in [0.4, 0.5) is 0 Å². The highest BCUT2D eigenvalue weighted by Gasteiger charge is 2.11. The molecule has 2 unspecified atom stereocenters. The number of rotatable bonds is 6. The Morgan fingerprint density at radius 1 is 1.14 bits per heavy atom. The van der Waals surface area contributed by atoms with Crippen molar-refractivity contribution in [3.63, 3.8) is 0 Å². The number of hydrogen-bond acceptors (Lipinski definition) is 2. The van der Waals surface area contributed by atoms with Crippen LogP contribution in [0.3, 0.4) is 0 Å². The molecular weight excluding hydrogens is 280 g/mol. The normalized spacial score (nSPS) is 13.7. The molecule has 2 atom stereocenters. The second kappa shape index (κ2) is 7.41. The number of hydrogen-bond donors (Lipinski definition) is 0. The first-order valence-electron chi connectivity index (χ1n) is 7.32. The fourth-order valence-electron chi connectivity index (χ4n) is 2.19. The maximum absolute atomic E-state index is 12.2. The van der Waals surface area contributed by atoms with Crippen molar-refractivity contribution >= 4 is 10.8 Å². The van der Waals surface area contributed by atoms with Gasteiger partial charge in [-0.25, -0.2) is 0 Å². The summed E-state index contributed by atoms with van der Waals surface area (Å²) in [4.78, 5) is 0.884. The number of benzene rings is 2. The quantitative estimate of drug-likeness (QED) is 0.776. The minimum atomic E-state index is -0.945. The van der Waals surface area contributed by atoms with Crippen LogP contribution in [0, 0.1) is 6.92 Å². The first-order valence-corrected chi connectivity index (χ1v) is 8.64. The summed E-state index contributed by atoms with van der Waals surface area (Å²) in [5, 5.41) is 0. The molecule has 0 fully saturated rings. The summed E-state index contributed by atoms with van der Waals surface area (Å²) < 4.78 is 18.2. The topological polar surface area (TPSA) is 26.3 Å². The molecule has 0 N–H and O–H groups in total. The number of ether oxygens (including phenoxy) is 1. The van der Waals surface area contributed by atoms with Crippen LogP contribution in [0.5, 0.6) is 5.75 Å². The standard InChI is InChI=1S/C18H22O2S/c1-4-12-21(19)18-13-17(11-10-14(18)2)20-15(3)16-8-6-5-7-9-16/h5-11,13,15H,4,12H2,1-3H3. The molecule has 0 saturated heterocycles. The Kier molecular flexibility index (Phi) is 5.57. The molecule has 0 amide bonds. The van der Waals surface area contributed by atoms with Gasteiger partial charge in [0.25, 0.3) is 0 Å². The van der Waals surface area contributed by atoms with Gasteiger partial charge < -0.3 is 4.74 Å². The lowest BCUT2D eigenvalue weighted by Crippen LogP contribution is -2.04. The van der Waals surface area contributed by atoms with Crippen molar-refractivity contribution < 1.29 is 8.95 Å². The molecule has 2 aromatic carbocycles. The van der Waals surface area contributed by atoms with Gasteiger partial charge in [-0.15, -0.1) is 0 Å². The van der Waals surface area contributed by atoms with Crippen molar-refractivity contribution in [1.29, 1.82) is 0 Å². The summed E-state index contributed by atoms with van der Waals surface area (Å²) in [6, 6.07) is 16.0. The largest absolute Gasteiger partial charge is 0.486 e. The molecule has 0 radical (unpaired) electrons. The van der Waals surface area contributed by atoms with E-state index in [2.05, 4.69) is 12.1 Å². The van der Waals surface area contributed by atoms with Gasteiger partial charge in [0.15, 0.2) is 0 Å². The maximum Gasteiger partial charge on any atom is 0.121 e. The molecule has 0 aliphatic carbocycles. The third kappa shape index (κ3) is 4.18. The highest BCUT2D eigenvalue weighted by Crippen LogP contribution is 2.25. The van der Waals surface area contributed by atoms with E-state index >= 15 is 0 Å². The van der Waals surface area contributed by atoms with Crippen LogP contribution in [0.2, 0.25) is 0 Å². The molecule has 112 valence electrons. The first kappa shape index (κ1) is 15.8. The van der Waals surface area contributed by atoms with Crippen LogP contribution < -0.4 is 4.74 Å². The molecule has 0 aliphatic heterocycles. The Bertz CT molecular complexity index is 608. The SMILES string of the molecule is CCCS(=O)c1cc(OC(C)c2ccccc2)ccc1C. The van der Waals surface area contributed by atoms with E-state index in [9.17, 15) is 4.21 Å². The summed E-state index contributed by atoms with van der Waals surface area (Å²) in [7, 11) is -0.945. The summed E-state index contributed by atoms with van der Waals surface area (Å²) in [6.45, 7) is 6.07. The molecule has 0 spiro atoms. The minimum Gasteiger partial charge on any atom is -0.486 e. The molecule has 0 bridgehead atoms. The zero-order valence-electron chi connectivity index (χ0n) is 12.8. The molecule has 0 saturated carbocycles. The summed E-state index contributed by atoms with van der Waals surface area (Å²) in [5.74, 6) is 1.47. The van der Waals surface area contributed by atoms with Crippen molar-refractivity contribution in [2.24, 2.45) is 0 Å². The van der Waals surface area contributed by atoms with Gasteiger partial charge in [-0.3, -0.25) is 4.21 Å². The Morgan fingerprint density at radius 2 is 1.86 bits per heavy atom. The van der Waals surface area contributed by atoms with E-state index in [4.69, 9.17) is 4.74 Å². The molecule has 0 heterocycles. The van der Waals surface area contributed by atoms with Crippen LogP contribution in [-0.2, 0) is 10.8 Å². The average Bonchev–Trinajstić information content (AvgIpc) is 2.50. The fourth-order valence-corrected chi connectivity index (χ4v) is 3.46. The zero-order chi connectivity index (χ0) is 15.2. The van der Waals surface area contributed by atoms with E-state index in [-0.39, 0.29) is 6.10 Å². The maximum atomic E-state index is 12.2. The highest BCUT2D eigenvalue weighted by molar-refractivity contribution is 7.85. The van der Waals surface area contributed by atoms with Crippen LogP contribution in [0.25, 0.3) is 0 Å². The second-order valence-electron chi connectivity index (χ2n) is 5.15. The summed E-state index contributed by atoms with van der Waals surface area (Å²) in [5.41, 5.74) is 2.19. The second-order valence-corrected chi connectivity index (χ2v) is 6.69. The van der Waals surface area contributed by atoms with Gasteiger partial charge in [0.2, 0.25) is 0 Å². The van der Waals surface area contributed by atoms with Gasteiger partial charge in [-0.1, -0.05) is 43.3 Å². The highest BCUT2D eigenvalue weighted by atomic mass is 32.2. The van der Waals surface area contributed by atoms with Gasteiger partial charge >= 0.3 is 0 Å². The lowest BCUT2D eigenvalue weighted by molar-refractivity contribution is 0.226. The van der Waals surface area contributed by atoms with E-state index in [1.807, 2.05) is 57.2 Å². The van der Waals surface area contributed by atoms with Gasteiger partial charge in [0.05, 0.1) is 10.8 Å². The van der Waals surface area contributed by atoms with E-state index in [1.54, 1.807) is 0 Å². The molecule has 2 nitrogen and oxygen atoms in total. The van der Waals surface area contributed by atoms with E-state index in [1.165, 1.54) is 0 Å². The van der Waals surface area contributed by atoms with Crippen LogP contribution >= 0.6 is 0 Å². The number of aryl methyl sites for hydroxylation is 1. The summed E-state index contributed by atoms with van der Waals surface area (Å²) >= 11 is 0. The monoisotopic (exact) mass is 302 g/mol. The molecule has 3 heteroatoms. The van der Waals surface area contributed by atoms with Gasteiger partial charge in [0.1, 0.15) is 11.9 Å². The van der Waals surface area contributed by atoms with Crippen molar-refractivity contribution in [2.45, 2.75) is 38.2 Å². The van der Waals surface area contributed by atoms with Gasteiger partial charge in [-0.2, -0.15) is 0 Å². The summed E-state index contributed by atoms with van der Waals surface area (Å²) in [6.07, 6.45) is 0.888. The third-order valence-electron chi connectivity index (χ3n) is 3.38. The third-order valence-corrected chi connectivity index (χ3v) is 5.09. The van der Waals surface area contributed by atoms with Crippen molar-refractivity contribution in [3.8, 4) is 5.75 Å². The first-order chi connectivity index (χ1) is 10.1. The van der Waals surface area contributed by atoms with Crippen LogP contribution in [0.15, 0.2) is 53.4 Å². The Morgan fingerprint density at radius 3 is 2.52 bits per heavy atom. The van der Waals surface area contributed by atoms with E-state index in [0.717, 1.165) is 28.2 Å². The Labute approximate surface area is 129 Å². The Hall–Kier alpha value is -1.61. The lowest BCUT2D eigenvalue weighted by Gasteiger charge is -2.16. The van der Waals surface area contributed by atoms with Crippen LogP contribution in [0.1, 0.15) is 37.5 Å². The molecule has 0 aromatic heterocycles. The average molecular weight is 302 g/mol. The van der Waals surface area contributed by atoms with Crippen LogP contribution in [-0.4, -0.2) is 9.96 Å². The van der Waals surface area contributed by atoms with E-state index in [0.29, 0.717) is 5.75 Å². The molecule has 0 aliphatic rings. The van der Waals surface area contributed by atoms with Crippen molar-refractivity contribution in [1.82, 2.24) is 0 Å². The molecule has 2 rings (SSSR count). The van der Waals surface area contributed by atoms with E-state index < -0.39 is 10.8 Å². The smallest absolute Gasteiger partial charge is 0.121 e. The van der Waals surface area contributed by atoms with Crippen molar-refractivity contribution in [2.75, 3.05) is 5.75 Å². The van der Waals surface area contributed by atoms with Crippen molar-refractivity contribution in [3.05, 3.63) is 59.7 Å². The minimum absolute atomic E-state index is 0.0265. The molecular formula is C18H22O2S. The van der Waals surface area contributed by atoms with Gasteiger partial charge in [-0.05, 0) is 43.5 Å². The zero-order valence-corrected chi connectivity index (χ0v) is 13.7. The lowest BCUT2D eigenvalue weighted by atomic mass is 10.1. The predicted octanol–water partition coefficient (Wildman–Crippen LogP) is 4.65. The molecule has 2 aromatic rings.